The van der Waals surface area contributed by atoms with Crippen LogP contribution in [0.25, 0.3) is 10.9 Å². The molecule has 31 heavy (non-hydrogen) atoms. The minimum Gasteiger partial charge on any atom is -0.493 e. The lowest BCUT2D eigenvalue weighted by molar-refractivity contribution is -0.132. The van der Waals surface area contributed by atoms with Gasteiger partial charge in [0.05, 0.1) is 12.6 Å². The van der Waals surface area contributed by atoms with Crippen molar-refractivity contribution in [2.24, 2.45) is 0 Å². The third-order valence-electron chi connectivity index (χ3n) is 5.92. The molecule has 0 spiro atoms. The molecule has 0 amide bonds. The summed E-state index contributed by atoms with van der Waals surface area (Å²) >= 11 is 0. The SMILES string of the molecule is COc1cc(C2C3=C(CCCC3=O)Nc3ccc4ncccc4c32)ccc1OC(C)=O. The number of Topliss-reactive ketones (excluding diaryl/α,β-unsaturated/α-hetero) is 1. The topological polar surface area (TPSA) is 77.5 Å². The smallest absolute Gasteiger partial charge is 0.308 e. The van der Waals surface area contributed by atoms with Gasteiger partial charge >= 0.3 is 5.97 Å². The Labute approximate surface area is 179 Å². The van der Waals surface area contributed by atoms with Gasteiger partial charge in [-0.2, -0.15) is 0 Å². The third-order valence-corrected chi connectivity index (χ3v) is 5.92. The van der Waals surface area contributed by atoms with Crippen molar-refractivity contribution in [3.63, 3.8) is 0 Å². The number of fused-ring (bicyclic) bond motifs is 3. The Balaban J connectivity index is 1.76. The Hall–Kier alpha value is -3.67. The first-order valence-electron chi connectivity index (χ1n) is 10.3. The highest BCUT2D eigenvalue weighted by atomic mass is 16.6. The lowest BCUT2D eigenvalue weighted by atomic mass is 9.74. The van der Waals surface area contributed by atoms with Crippen LogP contribution in [0.2, 0.25) is 0 Å². The molecule has 0 fully saturated rings. The molecule has 2 aromatic carbocycles. The predicted octanol–water partition coefficient (Wildman–Crippen LogP) is 4.73. The van der Waals surface area contributed by atoms with E-state index in [4.69, 9.17) is 9.47 Å². The van der Waals surface area contributed by atoms with Crippen LogP contribution in [0.5, 0.6) is 11.5 Å². The molecule has 0 saturated heterocycles. The number of nitrogens with one attached hydrogen (secondary N) is 1. The maximum atomic E-state index is 13.1. The molecular weight excluding hydrogens is 392 g/mol. The first-order chi connectivity index (χ1) is 15.1. The number of hydrogen-bond acceptors (Lipinski definition) is 6. The number of esters is 1. The first-order valence-corrected chi connectivity index (χ1v) is 10.3. The number of carbonyl (C=O) groups is 2. The summed E-state index contributed by atoms with van der Waals surface area (Å²) in [5, 5.41) is 4.52. The molecule has 1 atom stereocenters. The molecule has 0 bridgehead atoms. The van der Waals surface area contributed by atoms with E-state index in [-0.39, 0.29) is 11.7 Å². The molecule has 1 aromatic heterocycles. The summed E-state index contributed by atoms with van der Waals surface area (Å²) in [6.07, 6.45) is 3.99. The molecular formula is C25H22N2O4. The quantitative estimate of drug-likeness (QED) is 0.493. The van der Waals surface area contributed by atoms with E-state index >= 15 is 0 Å². The van der Waals surface area contributed by atoms with Crippen molar-refractivity contribution < 1.29 is 19.1 Å². The molecule has 0 radical (unpaired) electrons. The summed E-state index contributed by atoms with van der Waals surface area (Å²) in [4.78, 5) is 29.1. The summed E-state index contributed by atoms with van der Waals surface area (Å²) in [7, 11) is 1.54. The van der Waals surface area contributed by atoms with Gasteiger partial charge in [0.2, 0.25) is 0 Å². The number of pyridine rings is 1. The average Bonchev–Trinajstić information content (AvgIpc) is 2.77. The maximum Gasteiger partial charge on any atom is 0.308 e. The van der Waals surface area contributed by atoms with Crippen molar-refractivity contribution in [1.29, 1.82) is 0 Å². The van der Waals surface area contributed by atoms with Gasteiger partial charge in [0.1, 0.15) is 0 Å². The number of nitrogens with zero attached hydrogens (tertiary/aromatic N) is 1. The number of allylic oxidation sites excluding steroid dienone is 2. The molecule has 6 heteroatoms. The first kappa shape index (κ1) is 19.3. The highest BCUT2D eigenvalue weighted by Crippen LogP contribution is 2.48. The monoisotopic (exact) mass is 414 g/mol. The number of anilines is 1. The van der Waals surface area contributed by atoms with Crippen LogP contribution in [0, 0.1) is 0 Å². The summed E-state index contributed by atoms with van der Waals surface area (Å²) < 4.78 is 10.8. The minimum absolute atomic E-state index is 0.160. The van der Waals surface area contributed by atoms with Crippen molar-refractivity contribution in [3.05, 3.63) is 71.1 Å². The van der Waals surface area contributed by atoms with Gasteiger partial charge in [-0.15, -0.1) is 0 Å². The molecule has 0 saturated carbocycles. The summed E-state index contributed by atoms with van der Waals surface area (Å²) in [6.45, 7) is 1.35. The number of methoxy groups -OCH3 is 1. The zero-order chi connectivity index (χ0) is 21.5. The largest absolute Gasteiger partial charge is 0.493 e. The van der Waals surface area contributed by atoms with Crippen LogP contribution in [-0.4, -0.2) is 23.8 Å². The number of ketones is 1. The number of carbonyl (C=O) groups excluding carboxylic acids is 2. The Morgan fingerprint density at radius 3 is 2.81 bits per heavy atom. The zero-order valence-corrected chi connectivity index (χ0v) is 17.4. The van der Waals surface area contributed by atoms with Crippen LogP contribution in [0.3, 0.4) is 0 Å². The van der Waals surface area contributed by atoms with Gasteiger partial charge in [-0.05, 0) is 54.3 Å². The van der Waals surface area contributed by atoms with Crippen LogP contribution >= 0.6 is 0 Å². The van der Waals surface area contributed by atoms with Gasteiger partial charge in [-0.1, -0.05) is 12.1 Å². The fourth-order valence-corrected chi connectivity index (χ4v) is 4.67. The molecule has 6 nitrogen and oxygen atoms in total. The Bertz CT molecular complexity index is 1260. The minimum atomic E-state index is -0.414. The van der Waals surface area contributed by atoms with Crippen molar-refractivity contribution in [3.8, 4) is 11.5 Å². The van der Waals surface area contributed by atoms with Gasteiger partial charge < -0.3 is 14.8 Å². The lowest BCUT2D eigenvalue weighted by Crippen LogP contribution is -2.27. The van der Waals surface area contributed by atoms with Gasteiger partial charge in [-0.3, -0.25) is 14.6 Å². The normalized spacial score (nSPS) is 17.6. The fourth-order valence-electron chi connectivity index (χ4n) is 4.67. The van der Waals surface area contributed by atoms with Gasteiger partial charge in [0, 0.05) is 47.8 Å². The van der Waals surface area contributed by atoms with Crippen molar-refractivity contribution in [2.45, 2.75) is 32.1 Å². The Morgan fingerprint density at radius 2 is 2.00 bits per heavy atom. The average molecular weight is 414 g/mol. The number of benzene rings is 2. The van der Waals surface area contributed by atoms with Crippen LogP contribution in [0.15, 0.2) is 59.9 Å². The molecule has 156 valence electrons. The van der Waals surface area contributed by atoms with Crippen molar-refractivity contribution in [2.75, 3.05) is 12.4 Å². The zero-order valence-electron chi connectivity index (χ0n) is 17.4. The van der Waals surface area contributed by atoms with Crippen LogP contribution in [0.4, 0.5) is 5.69 Å². The van der Waals surface area contributed by atoms with E-state index < -0.39 is 5.97 Å². The highest BCUT2D eigenvalue weighted by Gasteiger charge is 2.36. The molecule has 2 heterocycles. The fraction of sp³-hybridized carbons (Fsp3) is 0.240. The van der Waals surface area contributed by atoms with E-state index in [1.165, 1.54) is 14.0 Å². The summed E-state index contributed by atoms with van der Waals surface area (Å²) in [5.74, 6) is 0.302. The second kappa shape index (κ2) is 7.54. The van der Waals surface area contributed by atoms with Gasteiger partial charge in [-0.25, -0.2) is 0 Å². The van der Waals surface area contributed by atoms with E-state index in [0.717, 1.165) is 51.8 Å². The third kappa shape index (κ3) is 3.24. The van der Waals surface area contributed by atoms with E-state index in [1.54, 1.807) is 12.3 Å². The van der Waals surface area contributed by atoms with E-state index in [2.05, 4.69) is 10.3 Å². The van der Waals surface area contributed by atoms with Crippen LogP contribution < -0.4 is 14.8 Å². The Kier molecular flexibility index (Phi) is 4.70. The number of rotatable bonds is 3. The number of ether oxygens (including phenoxy) is 2. The molecule has 1 aliphatic heterocycles. The van der Waals surface area contributed by atoms with E-state index in [9.17, 15) is 9.59 Å². The second-order valence-corrected chi connectivity index (χ2v) is 7.83. The number of aromatic nitrogens is 1. The van der Waals surface area contributed by atoms with E-state index in [0.29, 0.717) is 17.9 Å². The molecule has 3 aromatic rings. The predicted molar refractivity (Wildman–Crippen MR) is 117 cm³/mol. The molecule has 1 unspecified atom stereocenters. The molecule has 2 aliphatic rings. The highest BCUT2D eigenvalue weighted by molar-refractivity contribution is 6.03. The van der Waals surface area contributed by atoms with Gasteiger partial charge in [0.25, 0.3) is 0 Å². The second-order valence-electron chi connectivity index (χ2n) is 7.83. The molecule has 1 N–H and O–H groups in total. The number of hydrogen-bond donors (Lipinski definition) is 1. The van der Waals surface area contributed by atoms with Crippen molar-refractivity contribution in [1.82, 2.24) is 4.98 Å². The van der Waals surface area contributed by atoms with Crippen molar-refractivity contribution >= 4 is 28.3 Å². The lowest BCUT2D eigenvalue weighted by Gasteiger charge is -2.35. The van der Waals surface area contributed by atoms with Gasteiger partial charge in [0.15, 0.2) is 17.3 Å². The standard InChI is InChI=1S/C25H22N2O4/c1-14(28)31-21-11-8-15(13-22(21)30-2)23-24-16-5-4-12-26-17(16)9-10-19(24)27-18-6-3-7-20(29)25(18)23/h4-5,8-13,23,27H,3,6-7H2,1-2H3. The van der Waals surface area contributed by atoms with Crippen LogP contribution in [-0.2, 0) is 9.59 Å². The maximum absolute atomic E-state index is 13.1. The Morgan fingerprint density at radius 1 is 1.13 bits per heavy atom. The summed E-state index contributed by atoms with van der Waals surface area (Å²) in [6, 6.07) is 13.5. The van der Waals surface area contributed by atoms with Crippen LogP contribution in [0.1, 0.15) is 43.2 Å². The molecule has 1 aliphatic carbocycles. The molecule has 5 rings (SSSR count). The summed E-state index contributed by atoms with van der Waals surface area (Å²) in [5.41, 5.74) is 5.60. The van der Waals surface area contributed by atoms with E-state index in [1.807, 2.05) is 36.4 Å².